The van der Waals surface area contributed by atoms with Crippen LogP contribution >= 0.6 is 0 Å². The third-order valence-electron chi connectivity index (χ3n) is 6.98. The lowest BCUT2D eigenvalue weighted by Gasteiger charge is -2.45. The van der Waals surface area contributed by atoms with Crippen LogP contribution in [0.15, 0.2) is 48.5 Å². The Morgan fingerprint density at radius 1 is 1.06 bits per heavy atom. The van der Waals surface area contributed by atoms with E-state index in [4.69, 9.17) is 9.47 Å². The molecule has 3 heterocycles. The predicted octanol–water partition coefficient (Wildman–Crippen LogP) is 2.93. The first-order valence-electron chi connectivity index (χ1n) is 11.8. The molecule has 1 unspecified atom stereocenters. The maximum absolute atomic E-state index is 13.7. The fraction of sp³-hybridized carbons (Fsp3) is 0.462. The van der Waals surface area contributed by atoms with Crippen molar-refractivity contribution in [2.45, 2.75) is 51.4 Å². The monoisotopic (exact) mass is 449 g/mol. The lowest BCUT2D eigenvalue weighted by Crippen LogP contribution is -2.59. The summed E-state index contributed by atoms with van der Waals surface area (Å²) in [6.45, 7) is 5.88. The van der Waals surface area contributed by atoms with Gasteiger partial charge in [-0.2, -0.15) is 0 Å². The van der Waals surface area contributed by atoms with Gasteiger partial charge in [-0.25, -0.2) is 0 Å². The number of ether oxygens (including phenoxy) is 2. The van der Waals surface area contributed by atoms with Crippen molar-refractivity contribution in [1.29, 1.82) is 0 Å². The summed E-state index contributed by atoms with van der Waals surface area (Å²) in [5.74, 6) is 1.73. The summed E-state index contributed by atoms with van der Waals surface area (Å²) < 4.78 is 11.0. The number of piperidine rings is 1. The topological polar surface area (TPSA) is 71.1 Å². The minimum absolute atomic E-state index is 0.0206. The van der Waals surface area contributed by atoms with E-state index in [2.05, 4.69) is 17.4 Å². The molecule has 2 amide bonds. The minimum Gasteiger partial charge on any atom is -0.454 e. The first kappa shape index (κ1) is 21.8. The van der Waals surface area contributed by atoms with Crippen LogP contribution in [0.1, 0.15) is 37.8 Å². The highest BCUT2D eigenvalue weighted by Crippen LogP contribution is 2.37. The van der Waals surface area contributed by atoms with E-state index < -0.39 is 5.66 Å². The molecule has 174 valence electrons. The molecule has 0 aliphatic carbocycles. The van der Waals surface area contributed by atoms with Crippen molar-refractivity contribution in [1.82, 2.24) is 15.1 Å². The van der Waals surface area contributed by atoms with E-state index in [1.807, 2.05) is 60.0 Å². The average molecular weight is 450 g/mol. The molecule has 3 aliphatic rings. The molecular weight excluding hydrogens is 418 g/mol. The molecule has 1 N–H and O–H groups in total. The Labute approximate surface area is 194 Å². The number of carbonyl (C=O) groups is 2. The van der Waals surface area contributed by atoms with Crippen LogP contribution in [-0.2, 0) is 22.6 Å². The SMILES string of the molecule is CC(C)C(=O)N1CCC2(CC1)NC(Cc1ccccc1)C(=O)N2Cc1ccc2c(c1)OCO2. The van der Waals surface area contributed by atoms with Crippen LogP contribution in [0.4, 0.5) is 0 Å². The largest absolute Gasteiger partial charge is 0.454 e. The number of benzene rings is 2. The second kappa shape index (κ2) is 8.71. The molecule has 0 aromatic heterocycles. The zero-order valence-electron chi connectivity index (χ0n) is 19.3. The van der Waals surface area contributed by atoms with Gasteiger partial charge in [0.25, 0.3) is 0 Å². The van der Waals surface area contributed by atoms with Crippen molar-refractivity contribution in [2.75, 3.05) is 19.9 Å². The number of hydrogen-bond acceptors (Lipinski definition) is 5. The summed E-state index contributed by atoms with van der Waals surface area (Å²) in [5, 5.41) is 3.70. The number of nitrogens with zero attached hydrogens (tertiary/aromatic N) is 2. The summed E-state index contributed by atoms with van der Waals surface area (Å²) in [7, 11) is 0. The van der Waals surface area contributed by atoms with Crippen molar-refractivity contribution >= 4 is 11.8 Å². The highest BCUT2D eigenvalue weighted by molar-refractivity contribution is 5.86. The molecule has 2 saturated heterocycles. The molecule has 0 radical (unpaired) electrons. The molecule has 0 bridgehead atoms. The van der Waals surface area contributed by atoms with Gasteiger partial charge in [0.15, 0.2) is 11.5 Å². The summed E-state index contributed by atoms with van der Waals surface area (Å²) >= 11 is 0. The lowest BCUT2D eigenvalue weighted by molar-refractivity contribution is -0.139. The number of nitrogens with one attached hydrogen (secondary N) is 1. The normalized spacial score (nSPS) is 21.3. The van der Waals surface area contributed by atoms with E-state index >= 15 is 0 Å². The molecule has 3 aliphatic heterocycles. The Morgan fingerprint density at radius 3 is 2.52 bits per heavy atom. The van der Waals surface area contributed by atoms with Crippen LogP contribution in [0, 0.1) is 5.92 Å². The van der Waals surface area contributed by atoms with Gasteiger partial charge >= 0.3 is 0 Å². The first-order valence-corrected chi connectivity index (χ1v) is 11.8. The second-order valence-electron chi connectivity index (χ2n) is 9.51. The van der Waals surface area contributed by atoms with Gasteiger partial charge < -0.3 is 19.3 Å². The minimum atomic E-state index is -0.458. The summed E-state index contributed by atoms with van der Waals surface area (Å²) in [6, 6.07) is 15.7. The highest BCUT2D eigenvalue weighted by atomic mass is 16.7. The van der Waals surface area contributed by atoms with Gasteiger partial charge in [-0.15, -0.1) is 0 Å². The Bertz CT molecular complexity index is 1030. The number of hydrogen-bond donors (Lipinski definition) is 1. The van der Waals surface area contributed by atoms with Gasteiger partial charge in [0.2, 0.25) is 18.6 Å². The van der Waals surface area contributed by atoms with Gasteiger partial charge in [-0.05, 0) is 29.7 Å². The number of fused-ring (bicyclic) bond motifs is 1. The standard InChI is InChI=1S/C26H31N3O4/c1-18(2)24(30)28-12-10-26(11-13-28)27-21(14-19-6-4-3-5-7-19)25(31)29(26)16-20-8-9-22-23(15-20)33-17-32-22/h3-9,15,18,21,27H,10-14,16-17H2,1-2H3. The molecule has 7 heteroatoms. The molecule has 1 atom stereocenters. The van der Waals surface area contributed by atoms with E-state index in [0.29, 0.717) is 38.9 Å². The fourth-order valence-corrected chi connectivity index (χ4v) is 5.18. The zero-order valence-corrected chi connectivity index (χ0v) is 19.3. The van der Waals surface area contributed by atoms with Crippen molar-refractivity contribution in [3.63, 3.8) is 0 Å². The van der Waals surface area contributed by atoms with Crippen LogP contribution in [0.3, 0.4) is 0 Å². The summed E-state index contributed by atoms with van der Waals surface area (Å²) in [4.78, 5) is 30.2. The molecule has 2 aromatic rings. The van der Waals surface area contributed by atoms with Crippen molar-refractivity contribution in [3.05, 3.63) is 59.7 Å². The number of amides is 2. The van der Waals surface area contributed by atoms with E-state index in [1.165, 1.54) is 0 Å². The molecular formula is C26H31N3O4. The van der Waals surface area contributed by atoms with Gasteiger partial charge in [-0.3, -0.25) is 14.9 Å². The Kier molecular flexibility index (Phi) is 5.74. The quantitative estimate of drug-likeness (QED) is 0.760. The average Bonchev–Trinajstić information content (AvgIpc) is 3.38. The maximum Gasteiger partial charge on any atom is 0.241 e. The molecule has 33 heavy (non-hydrogen) atoms. The Hall–Kier alpha value is -3.06. The Balaban J connectivity index is 1.39. The van der Waals surface area contributed by atoms with Crippen molar-refractivity contribution in [3.8, 4) is 11.5 Å². The summed E-state index contributed by atoms with van der Waals surface area (Å²) in [5.41, 5.74) is 1.69. The van der Waals surface area contributed by atoms with Crippen LogP contribution in [-0.4, -0.2) is 53.2 Å². The number of carbonyl (C=O) groups excluding carboxylic acids is 2. The second-order valence-corrected chi connectivity index (χ2v) is 9.51. The van der Waals surface area contributed by atoms with Crippen LogP contribution < -0.4 is 14.8 Å². The third-order valence-corrected chi connectivity index (χ3v) is 6.98. The predicted molar refractivity (Wildman–Crippen MR) is 124 cm³/mol. The molecule has 2 aromatic carbocycles. The highest BCUT2D eigenvalue weighted by Gasteiger charge is 2.51. The lowest BCUT2D eigenvalue weighted by atomic mass is 9.94. The number of rotatable bonds is 5. The number of likely N-dealkylation sites (tertiary alicyclic amines) is 1. The van der Waals surface area contributed by atoms with E-state index in [-0.39, 0.29) is 30.6 Å². The van der Waals surface area contributed by atoms with Crippen LogP contribution in [0.25, 0.3) is 0 Å². The van der Waals surface area contributed by atoms with Crippen molar-refractivity contribution in [2.24, 2.45) is 5.92 Å². The Morgan fingerprint density at radius 2 is 1.79 bits per heavy atom. The molecule has 0 saturated carbocycles. The van der Waals surface area contributed by atoms with Crippen molar-refractivity contribution < 1.29 is 19.1 Å². The molecule has 5 rings (SSSR count). The fourth-order valence-electron chi connectivity index (χ4n) is 5.18. The van der Waals surface area contributed by atoms with Gasteiger partial charge in [0.05, 0.1) is 11.7 Å². The van der Waals surface area contributed by atoms with E-state index in [1.54, 1.807) is 0 Å². The molecule has 2 fully saturated rings. The van der Waals surface area contributed by atoms with E-state index in [0.717, 1.165) is 22.6 Å². The summed E-state index contributed by atoms with van der Waals surface area (Å²) in [6.07, 6.45) is 2.08. The zero-order chi connectivity index (χ0) is 23.0. The smallest absolute Gasteiger partial charge is 0.241 e. The molecule has 7 nitrogen and oxygen atoms in total. The van der Waals surface area contributed by atoms with E-state index in [9.17, 15) is 9.59 Å². The third kappa shape index (κ3) is 4.17. The van der Waals surface area contributed by atoms with Gasteiger partial charge in [0, 0.05) is 38.4 Å². The van der Waals surface area contributed by atoms with Gasteiger partial charge in [-0.1, -0.05) is 50.2 Å². The molecule has 1 spiro atoms. The maximum atomic E-state index is 13.7. The van der Waals surface area contributed by atoms with Crippen LogP contribution in [0.5, 0.6) is 11.5 Å². The van der Waals surface area contributed by atoms with Crippen LogP contribution in [0.2, 0.25) is 0 Å². The van der Waals surface area contributed by atoms with Gasteiger partial charge in [0.1, 0.15) is 0 Å². The first-order chi connectivity index (χ1) is 15.9.